The maximum Gasteiger partial charge on any atom is 0.227 e. The van der Waals surface area contributed by atoms with E-state index in [0.717, 1.165) is 37.2 Å². The number of anilines is 2. The van der Waals surface area contributed by atoms with E-state index in [1.807, 2.05) is 24.5 Å². The average molecular weight is 337 g/mol. The minimum Gasteiger partial charge on any atom is -0.374 e. The summed E-state index contributed by atoms with van der Waals surface area (Å²) in [5.41, 5.74) is 3.34. The van der Waals surface area contributed by atoms with Crippen molar-refractivity contribution in [3.8, 4) is 0 Å². The maximum atomic E-state index is 12.3. The fourth-order valence-corrected chi connectivity index (χ4v) is 3.38. The molecule has 0 radical (unpaired) electrons. The highest BCUT2D eigenvalue weighted by atomic mass is 16.1. The first-order chi connectivity index (χ1) is 12.2. The highest BCUT2D eigenvalue weighted by Gasteiger charge is 2.20. The van der Waals surface area contributed by atoms with Crippen LogP contribution in [0.5, 0.6) is 0 Å². The number of carbonyl (C=O) groups excluding carboxylic acids is 1. The van der Waals surface area contributed by atoms with E-state index < -0.39 is 0 Å². The number of rotatable bonds is 6. The normalized spacial score (nSPS) is 14.9. The second-order valence-electron chi connectivity index (χ2n) is 6.90. The van der Waals surface area contributed by atoms with Crippen molar-refractivity contribution in [1.82, 2.24) is 4.98 Å². The number of pyridine rings is 1. The Morgan fingerprint density at radius 3 is 2.44 bits per heavy atom. The molecule has 1 amide bonds. The zero-order valence-corrected chi connectivity index (χ0v) is 14.9. The van der Waals surface area contributed by atoms with Gasteiger partial charge in [0.2, 0.25) is 5.91 Å². The minimum atomic E-state index is 0.179. The smallest absolute Gasteiger partial charge is 0.227 e. The first-order valence-corrected chi connectivity index (χ1v) is 9.23. The van der Waals surface area contributed by atoms with Gasteiger partial charge in [-0.3, -0.25) is 9.78 Å². The number of nitrogens with one attached hydrogen (secondary N) is 1. The third-order valence-corrected chi connectivity index (χ3v) is 5.04. The van der Waals surface area contributed by atoms with Crippen molar-refractivity contribution in [1.29, 1.82) is 0 Å². The van der Waals surface area contributed by atoms with Gasteiger partial charge in [0, 0.05) is 43.3 Å². The molecule has 1 heterocycles. The van der Waals surface area contributed by atoms with Crippen LogP contribution in [0.4, 0.5) is 11.4 Å². The van der Waals surface area contributed by atoms with Crippen molar-refractivity contribution < 1.29 is 4.79 Å². The van der Waals surface area contributed by atoms with E-state index in [1.54, 1.807) is 0 Å². The van der Waals surface area contributed by atoms with Gasteiger partial charge < -0.3 is 10.2 Å². The van der Waals surface area contributed by atoms with E-state index >= 15 is 0 Å². The van der Waals surface area contributed by atoms with Gasteiger partial charge in [0.25, 0.3) is 0 Å². The molecule has 0 unspecified atom stereocenters. The third kappa shape index (κ3) is 5.05. The van der Waals surface area contributed by atoms with Crippen LogP contribution in [-0.2, 0) is 11.2 Å². The molecule has 1 N–H and O–H groups in total. The van der Waals surface area contributed by atoms with Crippen molar-refractivity contribution in [2.24, 2.45) is 5.92 Å². The Morgan fingerprint density at radius 1 is 1.08 bits per heavy atom. The molecule has 0 saturated heterocycles. The van der Waals surface area contributed by atoms with Gasteiger partial charge in [-0.15, -0.1) is 0 Å². The summed E-state index contributed by atoms with van der Waals surface area (Å²) in [6.07, 6.45) is 10.3. The molecule has 1 aromatic heterocycles. The molecule has 1 saturated carbocycles. The van der Waals surface area contributed by atoms with Gasteiger partial charge in [0.05, 0.1) is 0 Å². The molecule has 132 valence electrons. The van der Waals surface area contributed by atoms with Crippen LogP contribution in [0.25, 0.3) is 0 Å². The molecule has 0 spiro atoms. The van der Waals surface area contributed by atoms with E-state index in [1.165, 1.54) is 24.8 Å². The Hall–Kier alpha value is -2.36. The lowest BCUT2D eigenvalue weighted by atomic mass is 9.88. The lowest BCUT2D eigenvalue weighted by Gasteiger charge is -2.22. The summed E-state index contributed by atoms with van der Waals surface area (Å²) < 4.78 is 0. The summed E-state index contributed by atoms with van der Waals surface area (Å²) >= 11 is 0. The number of benzene rings is 1. The second kappa shape index (κ2) is 8.65. The summed E-state index contributed by atoms with van der Waals surface area (Å²) in [4.78, 5) is 18.6. The summed E-state index contributed by atoms with van der Waals surface area (Å²) in [7, 11) is 2.09. The fraction of sp³-hybridized carbons (Fsp3) is 0.429. The SMILES string of the molecule is CN(CCc1ccncc1)c1ccc(NC(=O)C2CCCCC2)cc1. The van der Waals surface area contributed by atoms with Gasteiger partial charge in [-0.05, 0) is 61.2 Å². The van der Waals surface area contributed by atoms with Crippen LogP contribution in [0.2, 0.25) is 0 Å². The molecule has 0 atom stereocenters. The molecular weight excluding hydrogens is 310 g/mol. The molecule has 0 aliphatic heterocycles. The molecule has 25 heavy (non-hydrogen) atoms. The van der Waals surface area contributed by atoms with Crippen LogP contribution < -0.4 is 10.2 Å². The van der Waals surface area contributed by atoms with E-state index in [4.69, 9.17) is 0 Å². The van der Waals surface area contributed by atoms with Crippen molar-refractivity contribution in [3.05, 3.63) is 54.4 Å². The summed E-state index contributed by atoms with van der Waals surface area (Å²) in [6, 6.07) is 12.2. The minimum absolute atomic E-state index is 0.179. The largest absolute Gasteiger partial charge is 0.374 e. The van der Waals surface area contributed by atoms with Crippen LogP contribution in [0.1, 0.15) is 37.7 Å². The van der Waals surface area contributed by atoms with Crippen molar-refractivity contribution in [2.75, 3.05) is 23.8 Å². The first kappa shape index (κ1) is 17.5. The number of nitrogens with zero attached hydrogens (tertiary/aromatic N) is 2. The molecule has 2 aromatic rings. The molecule has 1 fully saturated rings. The molecule has 4 nitrogen and oxygen atoms in total. The Balaban J connectivity index is 1.51. The van der Waals surface area contributed by atoms with Gasteiger partial charge in [-0.2, -0.15) is 0 Å². The van der Waals surface area contributed by atoms with Gasteiger partial charge in [0.1, 0.15) is 0 Å². The van der Waals surface area contributed by atoms with Gasteiger partial charge >= 0.3 is 0 Å². The van der Waals surface area contributed by atoms with Gasteiger partial charge in [-0.25, -0.2) is 0 Å². The van der Waals surface area contributed by atoms with E-state index in [2.05, 4.69) is 46.5 Å². The zero-order chi connectivity index (χ0) is 17.5. The summed E-state index contributed by atoms with van der Waals surface area (Å²) in [6.45, 7) is 0.942. The number of carbonyl (C=O) groups is 1. The zero-order valence-electron chi connectivity index (χ0n) is 14.9. The Morgan fingerprint density at radius 2 is 1.76 bits per heavy atom. The third-order valence-electron chi connectivity index (χ3n) is 5.04. The lowest BCUT2D eigenvalue weighted by Crippen LogP contribution is -2.24. The number of hydrogen-bond acceptors (Lipinski definition) is 3. The van der Waals surface area contributed by atoms with Crippen LogP contribution in [0, 0.1) is 5.92 Å². The number of hydrogen-bond donors (Lipinski definition) is 1. The maximum absolute atomic E-state index is 12.3. The fourth-order valence-electron chi connectivity index (χ4n) is 3.38. The molecule has 4 heteroatoms. The highest BCUT2D eigenvalue weighted by molar-refractivity contribution is 5.92. The van der Waals surface area contributed by atoms with Crippen LogP contribution in [0.3, 0.4) is 0 Å². The van der Waals surface area contributed by atoms with Gasteiger partial charge in [0.15, 0.2) is 0 Å². The topological polar surface area (TPSA) is 45.2 Å². The van der Waals surface area contributed by atoms with Crippen LogP contribution in [0.15, 0.2) is 48.8 Å². The van der Waals surface area contributed by atoms with E-state index in [9.17, 15) is 4.79 Å². The molecule has 3 rings (SSSR count). The Bertz CT molecular complexity index is 663. The van der Waals surface area contributed by atoms with Crippen LogP contribution >= 0.6 is 0 Å². The summed E-state index contributed by atoms with van der Waals surface area (Å²) in [5.74, 6) is 0.370. The lowest BCUT2D eigenvalue weighted by molar-refractivity contribution is -0.120. The standard InChI is InChI=1S/C21H27N3O/c1-24(16-13-17-11-14-22-15-12-17)20-9-7-19(8-10-20)23-21(25)18-5-3-2-4-6-18/h7-12,14-15,18H,2-6,13,16H2,1H3,(H,23,25). The summed E-state index contributed by atoms with van der Waals surface area (Å²) in [5, 5.41) is 3.07. The molecular formula is C21H27N3O. The van der Waals surface area contributed by atoms with Crippen LogP contribution in [-0.4, -0.2) is 24.5 Å². The van der Waals surface area contributed by atoms with E-state index in [0.29, 0.717) is 0 Å². The average Bonchev–Trinajstić information content (AvgIpc) is 2.68. The van der Waals surface area contributed by atoms with E-state index in [-0.39, 0.29) is 11.8 Å². The monoisotopic (exact) mass is 337 g/mol. The molecule has 1 aliphatic carbocycles. The van der Waals surface area contributed by atoms with Crippen molar-refractivity contribution >= 4 is 17.3 Å². The molecule has 1 aliphatic rings. The predicted octanol–water partition coefficient (Wildman–Crippen LogP) is 4.28. The Labute approximate surface area is 150 Å². The van der Waals surface area contributed by atoms with Crippen molar-refractivity contribution in [2.45, 2.75) is 38.5 Å². The first-order valence-electron chi connectivity index (χ1n) is 9.23. The molecule has 0 bridgehead atoms. The second-order valence-corrected chi connectivity index (χ2v) is 6.90. The quantitative estimate of drug-likeness (QED) is 0.856. The number of likely N-dealkylation sites (N-methyl/N-ethyl adjacent to an activating group) is 1. The molecule has 1 aromatic carbocycles. The number of amides is 1. The predicted molar refractivity (Wildman–Crippen MR) is 103 cm³/mol. The number of aromatic nitrogens is 1. The Kier molecular flexibility index (Phi) is 6.04. The highest BCUT2D eigenvalue weighted by Crippen LogP contribution is 2.25. The van der Waals surface area contributed by atoms with Gasteiger partial charge in [-0.1, -0.05) is 19.3 Å². The van der Waals surface area contributed by atoms with Crippen molar-refractivity contribution in [3.63, 3.8) is 0 Å².